The first-order valence-corrected chi connectivity index (χ1v) is 8.27. The van der Waals surface area contributed by atoms with Crippen LogP contribution in [-0.2, 0) is 4.57 Å². The largest absolute Gasteiger partial charge is 0.383 e. The highest BCUT2D eigenvalue weighted by Gasteiger charge is 2.41. The minimum absolute atomic E-state index is 0.265. The minimum Gasteiger partial charge on any atom is -0.383 e. The second-order valence-corrected chi connectivity index (χ2v) is 7.43. The van der Waals surface area contributed by atoms with Crippen molar-refractivity contribution in [3.8, 4) is 0 Å². The van der Waals surface area contributed by atoms with E-state index in [1.165, 1.54) is 0 Å². The molecule has 0 aliphatic heterocycles. The zero-order valence-corrected chi connectivity index (χ0v) is 12.2. The number of hydrogen-bond donors (Lipinski definition) is 3. The van der Waals surface area contributed by atoms with E-state index in [-0.39, 0.29) is 11.8 Å². The highest BCUT2D eigenvalue weighted by molar-refractivity contribution is 7.59. The van der Waals surface area contributed by atoms with Gasteiger partial charge < -0.3 is 15.1 Å². The highest BCUT2D eigenvalue weighted by Crippen LogP contribution is 2.55. The van der Waals surface area contributed by atoms with Crippen molar-refractivity contribution in [3.63, 3.8) is 0 Å². The lowest BCUT2D eigenvalue weighted by atomic mass is 10.1. The standard InChI is InChI=1S/C12H27O4P/c1-5-7-9(3)11(13)17(15,16)12(14)10(4)8-6-2/h9-14H,5-8H2,1-4H3,(H,15,16). The third-order valence-electron chi connectivity index (χ3n) is 3.26. The summed E-state index contributed by atoms with van der Waals surface area (Å²) in [6.45, 7) is 7.41. The molecule has 0 saturated heterocycles. The van der Waals surface area contributed by atoms with E-state index in [1.54, 1.807) is 13.8 Å². The summed E-state index contributed by atoms with van der Waals surface area (Å²) >= 11 is 0. The van der Waals surface area contributed by atoms with Crippen molar-refractivity contribution in [2.75, 3.05) is 0 Å². The molecular formula is C12H27O4P. The van der Waals surface area contributed by atoms with Crippen LogP contribution in [0.2, 0.25) is 0 Å². The number of rotatable bonds is 8. The second-order valence-electron chi connectivity index (χ2n) is 5.03. The van der Waals surface area contributed by atoms with E-state index in [0.29, 0.717) is 12.8 Å². The Morgan fingerprint density at radius 1 is 0.941 bits per heavy atom. The molecule has 0 aromatic heterocycles. The van der Waals surface area contributed by atoms with Crippen molar-refractivity contribution in [1.82, 2.24) is 0 Å². The molecule has 0 aliphatic rings. The molecule has 0 aromatic carbocycles. The molecule has 0 aliphatic carbocycles. The molecule has 3 N–H and O–H groups in total. The van der Waals surface area contributed by atoms with E-state index in [1.807, 2.05) is 13.8 Å². The molecule has 4 nitrogen and oxygen atoms in total. The maximum atomic E-state index is 12.1. The Labute approximate surface area is 105 Å². The van der Waals surface area contributed by atoms with Crippen LogP contribution in [0, 0.1) is 11.8 Å². The number of aliphatic hydroxyl groups is 2. The van der Waals surface area contributed by atoms with Gasteiger partial charge in [0.15, 0.2) is 0 Å². The first-order valence-electron chi connectivity index (χ1n) is 6.47. The molecule has 0 amide bonds. The lowest BCUT2D eigenvalue weighted by Gasteiger charge is -2.30. The van der Waals surface area contributed by atoms with Crippen LogP contribution in [-0.4, -0.2) is 26.8 Å². The van der Waals surface area contributed by atoms with Gasteiger partial charge in [-0.05, 0) is 24.7 Å². The van der Waals surface area contributed by atoms with Crippen LogP contribution >= 0.6 is 7.37 Å². The van der Waals surface area contributed by atoms with Crippen molar-refractivity contribution < 1.29 is 19.7 Å². The zero-order chi connectivity index (χ0) is 13.6. The van der Waals surface area contributed by atoms with Gasteiger partial charge in [0.25, 0.3) is 7.37 Å². The quantitative estimate of drug-likeness (QED) is 0.590. The minimum atomic E-state index is -3.94. The Balaban J connectivity index is 4.68. The van der Waals surface area contributed by atoms with E-state index in [0.717, 1.165) is 12.8 Å². The summed E-state index contributed by atoms with van der Waals surface area (Å²) in [6, 6.07) is 0. The van der Waals surface area contributed by atoms with Crippen molar-refractivity contribution in [2.45, 2.75) is 65.1 Å². The van der Waals surface area contributed by atoms with Crippen LogP contribution in [0.3, 0.4) is 0 Å². The molecule has 0 bridgehead atoms. The Morgan fingerprint density at radius 2 is 1.24 bits per heavy atom. The van der Waals surface area contributed by atoms with Gasteiger partial charge >= 0.3 is 0 Å². The fourth-order valence-electron chi connectivity index (χ4n) is 2.09. The second kappa shape index (κ2) is 7.52. The highest BCUT2D eigenvalue weighted by atomic mass is 31.2. The predicted molar refractivity (Wildman–Crippen MR) is 70.0 cm³/mol. The van der Waals surface area contributed by atoms with Gasteiger partial charge in [-0.3, -0.25) is 4.57 Å². The van der Waals surface area contributed by atoms with Crippen LogP contribution in [0.4, 0.5) is 0 Å². The molecular weight excluding hydrogens is 239 g/mol. The van der Waals surface area contributed by atoms with Gasteiger partial charge in [0.2, 0.25) is 0 Å². The van der Waals surface area contributed by atoms with Crippen molar-refractivity contribution in [2.24, 2.45) is 11.8 Å². The lowest BCUT2D eigenvalue weighted by Crippen LogP contribution is -2.28. The first-order chi connectivity index (χ1) is 7.78. The Morgan fingerprint density at radius 3 is 1.47 bits per heavy atom. The van der Waals surface area contributed by atoms with Crippen LogP contribution in [0.25, 0.3) is 0 Å². The third kappa shape index (κ3) is 4.70. The van der Waals surface area contributed by atoms with Gasteiger partial charge in [0, 0.05) is 0 Å². The van der Waals surface area contributed by atoms with Gasteiger partial charge in [0.05, 0.1) is 0 Å². The van der Waals surface area contributed by atoms with E-state index in [9.17, 15) is 19.7 Å². The summed E-state index contributed by atoms with van der Waals surface area (Å²) in [5.74, 6) is -3.17. The number of aliphatic hydroxyl groups excluding tert-OH is 2. The van der Waals surface area contributed by atoms with Crippen LogP contribution in [0.5, 0.6) is 0 Å². The molecule has 4 unspecified atom stereocenters. The SMILES string of the molecule is CCCC(C)C(O)P(=O)(O)C(O)C(C)CCC. The molecule has 0 radical (unpaired) electrons. The van der Waals surface area contributed by atoms with Crippen LogP contribution < -0.4 is 0 Å². The molecule has 0 rings (SSSR count). The molecule has 104 valence electrons. The lowest BCUT2D eigenvalue weighted by molar-refractivity contribution is 0.123. The fourth-order valence-corrected chi connectivity index (χ4v) is 4.16. The summed E-state index contributed by atoms with van der Waals surface area (Å²) in [5, 5.41) is 19.8. The van der Waals surface area contributed by atoms with Crippen LogP contribution in [0.1, 0.15) is 53.4 Å². The van der Waals surface area contributed by atoms with Gasteiger partial charge in [0.1, 0.15) is 11.7 Å². The summed E-state index contributed by atoms with van der Waals surface area (Å²) in [5.41, 5.74) is 0. The zero-order valence-electron chi connectivity index (χ0n) is 11.3. The van der Waals surface area contributed by atoms with Gasteiger partial charge in [-0.1, -0.05) is 40.5 Å². The number of hydrogen-bond acceptors (Lipinski definition) is 3. The molecule has 0 saturated carbocycles. The molecule has 0 fully saturated rings. The monoisotopic (exact) mass is 266 g/mol. The van der Waals surface area contributed by atoms with Crippen molar-refractivity contribution in [3.05, 3.63) is 0 Å². The van der Waals surface area contributed by atoms with Crippen molar-refractivity contribution in [1.29, 1.82) is 0 Å². The molecule has 17 heavy (non-hydrogen) atoms. The van der Waals surface area contributed by atoms with E-state index in [2.05, 4.69) is 0 Å². The first kappa shape index (κ1) is 17.1. The van der Waals surface area contributed by atoms with E-state index < -0.39 is 19.1 Å². The predicted octanol–water partition coefficient (Wildman–Crippen LogP) is 2.77. The maximum Gasteiger partial charge on any atom is 0.256 e. The van der Waals surface area contributed by atoms with Gasteiger partial charge in [-0.25, -0.2) is 0 Å². The maximum absolute atomic E-state index is 12.1. The smallest absolute Gasteiger partial charge is 0.256 e. The molecule has 4 atom stereocenters. The van der Waals surface area contributed by atoms with E-state index >= 15 is 0 Å². The van der Waals surface area contributed by atoms with Crippen LogP contribution in [0.15, 0.2) is 0 Å². The Bertz CT molecular complexity index is 235. The summed E-state index contributed by atoms with van der Waals surface area (Å²) in [6.07, 6.45) is 3.05. The average Bonchev–Trinajstić information content (AvgIpc) is 2.27. The average molecular weight is 266 g/mol. The summed E-state index contributed by atoms with van der Waals surface area (Å²) < 4.78 is 12.1. The summed E-state index contributed by atoms with van der Waals surface area (Å²) in [7, 11) is -3.94. The molecule has 0 spiro atoms. The normalized spacial score (nSPS) is 22.5. The van der Waals surface area contributed by atoms with Gasteiger partial charge in [-0.2, -0.15) is 0 Å². The fraction of sp³-hybridized carbons (Fsp3) is 1.00. The van der Waals surface area contributed by atoms with Gasteiger partial charge in [-0.15, -0.1) is 0 Å². The molecule has 0 heterocycles. The third-order valence-corrected chi connectivity index (χ3v) is 5.80. The summed E-state index contributed by atoms with van der Waals surface area (Å²) in [4.78, 5) is 9.90. The van der Waals surface area contributed by atoms with E-state index in [4.69, 9.17) is 0 Å². The Hall–Kier alpha value is 0.110. The Kier molecular flexibility index (Phi) is 7.57. The topological polar surface area (TPSA) is 77.8 Å². The molecule has 5 heteroatoms. The van der Waals surface area contributed by atoms with Crippen molar-refractivity contribution >= 4 is 7.37 Å². The molecule has 0 aromatic rings.